The van der Waals surface area contributed by atoms with Gasteiger partial charge in [0.05, 0.1) is 6.04 Å². The van der Waals surface area contributed by atoms with Crippen LogP contribution in [0, 0.1) is 13.8 Å². The van der Waals surface area contributed by atoms with Crippen LogP contribution in [0.1, 0.15) is 42.1 Å². The predicted molar refractivity (Wildman–Crippen MR) is 75.0 cm³/mol. The molecule has 0 saturated heterocycles. The Kier molecular flexibility index (Phi) is 4.76. The lowest BCUT2D eigenvalue weighted by Gasteiger charge is -2.23. The summed E-state index contributed by atoms with van der Waals surface area (Å²) in [6.45, 7) is 9.95. The summed E-state index contributed by atoms with van der Waals surface area (Å²) in [5.41, 5.74) is 6.31. The predicted octanol–water partition coefficient (Wildman–Crippen LogP) is 2.89. The van der Waals surface area contributed by atoms with Crippen LogP contribution < -0.4 is 11.1 Å². The molecule has 0 aliphatic carbocycles. The Hall–Kier alpha value is -1.07. The smallest absolute Gasteiger partial charge is 0.408 e. The SMILES string of the molecule is Cc1cc(C(CN)NC(=O)OC(C)(C)C)c(C)s1. The number of thiophene rings is 1. The Morgan fingerprint density at radius 3 is 2.50 bits per heavy atom. The molecular formula is C13H22N2O2S. The van der Waals surface area contributed by atoms with Gasteiger partial charge in [0.1, 0.15) is 5.60 Å². The van der Waals surface area contributed by atoms with Gasteiger partial charge >= 0.3 is 6.09 Å². The van der Waals surface area contributed by atoms with Crippen LogP contribution in [0.25, 0.3) is 0 Å². The number of carbonyl (C=O) groups is 1. The highest BCUT2D eigenvalue weighted by Crippen LogP contribution is 2.26. The largest absolute Gasteiger partial charge is 0.444 e. The molecule has 4 nitrogen and oxygen atoms in total. The highest BCUT2D eigenvalue weighted by atomic mass is 32.1. The van der Waals surface area contributed by atoms with Crippen LogP contribution in [-0.2, 0) is 4.74 Å². The van der Waals surface area contributed by atoms with Gasteiger partial charge in [-0.3, -0.25) is 0 Å². The highest BCUT2D eigenvalue weighted by Gasteiger charge is 2.21. The van der Waals surface area contributed by atoms with Gasteiger partial charge in [-0.1, -0.05) is 0 Å². The molecule has 0 saturated carbocycles. The first kappa shape index (κ1) is 15.0. The van der Waals surface area contributed by atoms with Crippen molar-refractivity contribution in [2.24, 2.45) is 5.73 Å². The zero-order chi connectivity index (χ0) is 13.9. The zero-order valence-corrected chi connectivity index (χ0v) is 12.5. The van der Waals surface area contributed by atoms with Crippen molar-refractivity contribution < 1.29 is 9.53 Å². The molecule has 0 aliphatic rings. The fourth-order valence-corrected chi connectivity index (χ4v) is 2.70. The van der Waals surface area contributed by atoms with E-state index in [9.17, 15) is 4.79 Å². The van der Waals surface area contributed by atoms with E-state index < -0.39 is 11.7 Å². The number of rotatable bonds is 3. The number of hydrogen-bond acceptors (Lipinski definition) is 4. The topological polar surface area (TPSA) is 64.3 Å². The number of hydrogen-bond donors (Lipinski definition) is 2. The quantitative estimate of drug-likeness (QED) is 0.887. The molecule has 1 amide bonds. The van der Waals surface area contributed by atoms with Crippen molar-refractivity contribution in [2.45, 2.75) is 46.3 Å². The van der Waals surface area contributed by atoms with E-state index in [4.69, 9.17) is 10.5 Å². The van der Waals surface area contributed by atoms with Crippen LogP contribution in [0.2, 0.25) is 0 Å². The molecule has 0 fully saturated rings. The lowest BCUT2D eigenvalue weighted by atomic mass is 10.1. The first-order valence-corrected chi connectivity index (χ1v) is 6.81. The van der Waals surface area contributed by atoms with E-state index in [-0.39, 0.29) is 6.04 Å². The molecule has 0 aromatic carbocycles. The first-order valence-electron chi connectivity index (χ1n) is 5.99. The van der Waals surface area contributed by atoms with Crippen LogP contribution in [0.5, 0.6) is 0 Å². The maximum absolute atomic E-state index is 11.7. The van der Waals surface area contributed by atoms with Crippen molar-refractivity contribution in [3.8, 4) is 0 Å². The average Bonchev–Trinajstić information content (AvgIpc) is 2.51. The molecule has 1 atom stereocenters. The minimum atomic E-state index is -0.497. The first-order chi connectivity index (χ1) is 8.23. The normalized spacial score (nSPS) is 13.2. The third-order valence-corrected chi connectivity index (χ3v) is 3.36. The highest BCUT2D eigenvalue weighted by molar-refractivity contribution is 7.12. The van der Waals surface area contributed by atoms with Crippen molar-refractivity contribution in [1.29, 1.82) is 0 Å². The zero-order valence-electron chi connectivity index (χ0n) is 11.7. The molecule has 0 aliphatic heterocycles. The molecular weight excluding hydrogens is 248 g/mol. The number of nitrogens with two attached hydrogens (primary N) is 1. The summed E-state index contributed by atoms with van der Waals surface area (Å²) >= 11 is 1.71. The lowest BCUT2D eigenvalue weighted by Crippen LogP contribution is -2.37. The van der Waals surface area contributed by atoms with Crippen molar-refractivity contribution in [3.05, 3.63) is 21.4 Å². The number of aryl methyl sites for hydroxylation is 2. The van der Waals surface area contributed by atoms with Crippen molar-refractivity contribution in [1.82, 2.24) is 5.32 Å². The summed E-state index contributed by atoms with van der Waals surface area (Å²) in [6.07, 6.45) is -0.429. The Labute approximate surface area is 113 Å². The molecule has 1 unspecified atom stereocenters. The molecule has 102 valence electrons. The summed E-state index contributed by atoms with van der Waals surface area (Å²) < 4.78 is 5.24. The van der Waals surface area contributed by atoms with Gasteiger partial charge in [0.25, 0.3) is 0 Å². The number of carbonyl (C=O) groups excluding carboxylic acids is 1. The fraction of sp³-hybridized carbons (Fsp3) is 0.615. The van der Waals surface area contributed by atoms with Gasteiger partial charge in [-0.15, -0.1) is 11.3 Å². The van der Waals surface area contributed by atoms with Crippen molar-refractivity contribution in [3.63, 3.8) is 0 Å². The maximum atomic E-state index is 11.7. The second-order valence-electron chi connectivity index (χ2n) is 5.30. The van der Waals surface area contributed by atoms with E-state index >= 15 is 0 Å². The third kappa shape index (κ3) is 4.31. The number of amides is 1. The van der Waals surface area contributed by atoms with Gasteiger partial charge in [0.2, 0.25) is 0 Å². The van der Waals surface area contributed by atoms with Crippen molar-refractivity contribution >= 4 is 17.4 Å². The van der Waals surface area contributed by atoms with Gasteiger partial charge < -0.3 is 15.8 Å². The summed E-state index contributed by atoms with van der Waals surface area (Å²) in [7, 11) is 0. The summed E-state index contributed by atoms with van der Waals surface area (Å²) in [4.78, 5) is 14.1. The molecule has 0 radical (unpaired) electrons. The molecule has 1 aromatic rings. The standard InChI is InChI=1S/C13H22N2O2S/c1-8-6-10(9(2)18-8)11(7-14)15-12(16)17-13(3,4)5/h6,11H,7,14H2,1-5H3,(H,15,16). The van der Waals surface area contributed by atoms with Crippen LogP contribution >= 0.6 is 11.3 Å². The van der Waals surface area contributed by atoms with E-state index in [2.05, 4.69) is 11.4 Å². The van der Waals surface area contributed by atoms with E-state index in [1.165, 1.54) is 9.75 Å². The molecule has 0 bridgehead atoms. The number of nitrogens with one attached hydrogen (secondary N) is 1. The van der Waals surface area contributed by atoms with Crippen LogP contribution in [0.3, 0.4) is 0 Å². The third-order valence-electron chi connectivity index (χ3n) is 2.38. The molecule has 18 heavy (non-hydrogen) atoms. The fourth-order valence-electron chi connectivity index (χ4n) is 1.71. The Bertz CT molecular complexity index is 421. The van der Waals surface area contributed by atoms with Crippen LogP contribution in [0.4, 0.5) is 4.79 Å². The second kappa shape index (κ2) is 5.71. The Balaban J connectivity index is 2.74. The molecule has 1 heterocycles. The maximum Gasteiger partial charge on any atom is 0.408 e. The van der Waals surface area contributed by atoms with Gasteiger partial charge in [0.15, 0.2) is 0 Å². The van der Waals surface area contributed by atoms with Gasteiger partial charge in [-0.05, 0) is 46.2 Å². The molecule has 3 N–H and O–H groups in total. The summed E-state index contributed by atoms with van der Waals surface area (Å²) in [5, 5.41) is 2.81. The Morgan fingerprint density at radius 1 is 1.50 bits per heavy atom. The van der Waals surface area contributed by atoms with Gasteiger partial charge in [0, 0.05) is 16.3 Å². The summed E-state index contributed by atoms with van der Waals surface area (Å²) in [6, 6.07) is 1.87. The summed E-state index contributed by atoms with van der Waals surface area (Å²) in [5.74, 6) is 0. The van der Waals surface area contributed by atoms with Crippen LogP contribution in [-0.4, -0.2) is 18.2 Å². The average molecular weight is 270 g/mol. The lowest BCUT2D eigenvalue weighted by molar-refractivity contribution is 0.0505. The van der Waals surface area contributed by atoms with E-state index in [1.807, 2.05) is 34.6 Å². The molecule has 0 spiro atoms. The van der Waals surface area contributed by atoms with E-state index in [0.717, 1.165) is 5.56 Å². The second-order valence-corrected chi connectivity index (χ2v) is 6.76. The minimum absolute atomic E-state index is 0.190. The number of alkyl carbamates (subject to hydrolysis) is 1. The molecule has 1 rings (SSSR count). The van der Waals surface area contributed by atoms with Crippen LogP contribution in [0.15, 0.2) is 6.07 Å². The minimum Gasteiger partial charge on any atom is -0.444 e. The molecule has 1 aromatic heterocycles. The van der Waals surface area contributed by atoms with E-state index in [1.54, 1.807) is 11.3 Å². The van der Waals surface area contributed by atoms with Gasteiger partial charge in [-0.2, -0.15) is 0 Å². The Morgan fingerprint density at radius 2 is 2.11 bits per heavy atom. The monoisotopic (exact) mass is 270 g/mol. The molecule has 5 heteroatoms. The number of ether oxygens (including phenoxy) is 1. The van der Waals surface area contributed by atoms with E-state index in [0.29, 0.717) is 6.54 Å². The van der Waals surface area contributed by atoms with Crippen molar-refractivity contribution in [2.75, 3.05) is 6.54 Å². The van der Waals surface area contributed by atoms with Gasteiger partial charge in [-0.25, -0.2) is 4.79 Å².